The van der Waals surface area contributed by atoms with E-state index >= 15 is 0 Å². The van der Waals surface area contributed by atoms with Crippen molar-refractivity contribution in [3.63, 3.8) is 0 Å². The summed E-state index contributed by atoms with van der Waals surface area (Å²) in [7, 11) is 0. The van der Waals surface area contributed by atoms with Gasteiger partial charge in [-0.3, -0.25) is 4.79 Å². The van der Waals surface area contributed by atoms with Crippen molar-refractivity contribution in [1.29, 1.82) is 0 Å². The van der Waals surface area contributed by atoms with Crippen LogP contribution in [0.25, 0.3) is 0 Å². The number of nitrogens with one attached hydrogen (secondary N) is 1. The van der Waals surface area contributed by atoms with E-state index in [1.165, 1.54) is 218 Å². The van der Waals surface area contributed by atoms with Crippen molar-refractivity contribution in [3.8, 4) is 0 Å². The van der Waals surface area contributed by atoms with Crippen molar-refractivity contribution in [3.05, 3.63) is 24.3 Å². The number of unbranched alkanes of at least 4 members (excludes halogenated alkanes) is 40. The Morgan fingerprint density at radius 3 is 1.19 bits per heavy atom. The van der Waals surface area contributed by atoms with Crippen molar-refractivity contribution in [2.45, 2.75) is 364 Å². The quantitative estimate of drug-likeness (QED) is 0.0215. The Kier molecular flexibility index (Phi) is 50.8. The van der Waals surface area contributed by atoms with Crippen LogP contribution in [0.5, 0.6) is 0 Å². The number of rotatable bonds is 56. The number of hydrogen-bond acceptors (Lipinski definition) is 10. The summed E-state index contributed by atoms with van der Waals surface area (Å²) in [5, 5.41) is 75.8. The van der Waals surface area contributed by atoms with Crippen molar-refractivity contribution in [2.75, 3.05) is 13.2 Å². The second-order valence-electron chi connectivity index (χ2n) is 22.8. The molecule has 0 aliphatic carbocycles. The Bertz CT molecular complexity index is 1270. The molecule has 1 aliphatic rings. The van der Waals surface area contributed by atoms with E-state index in [4.69, 9.17) is 9.47 Å². The highest BCUT2D eigenvalue weighted by Gasteiger charge is 2.44. The molecule has 0 aromatic heterocycles. The minimum Gasteiger partial charge on any atom is -0.394 e. The Balaban J connectivity index is 2.06. The van der Waals surface area contributed by atoms with Gasteiger partial charge in [-0.05, 0) is 44.9 Å². The molecule has 1 amide bonds. The lowest BCUT2D eigenvalue weighted by atomic mass is 9.98. The molecule has 1 saturated heterocycles. The standard InChI is InChI=1S/C64H123NO10/c1-3-5-7-9-11-13-15-16-17-18-19-20-21-22-23-24-25-26-27-28-29-30-31-32-33-34-35-36-37-38-39-40-41-42-44-46-48-50-52-57(68)63(73)65-55(54-74-64-62(72)61(71)60(70)58(53-66)75-64)59(69)56(67)51-49-47-45-43-14-12-10-8-6-4-2/h8,10,43,45,55-62,64,66-72H,3-7,9,11-42,44,46-54H2,1-2H3,(H,65,73)/b10-8+,45-43+. The van der Waals surface area contributed by atoms with Gasteiger partial charge < -0.3 is 50.5 Å². The van der Waals surface area contributed by atoms with Gasteiger partial charge in [-0.25, -0.2) is 0 Å². The van der Waals surface area contributed by atoms with E-state index in [2.05, 4.69) is 43.5 Å². The molecule has 9 unspecified atom stereocenters. The smallest absolute Gasteiger partial charge is 0.249 e. The van der Waals surface area contributed by atoms with Gasteiger partial charge in [0.2, 0.25) is 5.91 Å². The molecule has 0 bridgehead atoms. The van der Waals surface area contributed by atoms with Gasteiger partial charge in [-0.15, -0.1) is 0 Å². The van der Waals surface area contributed by atoms with Crippen molar-refractivity contribution in [1.82, 2.24) is 5.32 Å². The summed E-state index contributed by atoms with van der Waals surface area (Å²) in [4.78, 5) is 13.1. The Morgan fingerprint density at radius 2 is 0.813 bits per heavy atom. The van der Waals surface area contributed by atoms with Gasteiger partial charge in [-0.1, -0.05) is 289 Å². The molecule has 9 atom stereocenters. The first-order valence-corrected chi connectivity index (χ1v) is 32.2. The molecule has 0 spiro atoms. The summed E-state index contributed by atoms with van der Waals surface area (Å²) in [6.07, 6.45) is 54.6. The lowest BCUT2D eigenvalue weighted by Gasteiger charge is -2.40. The Hall–Kier alpha value is -1.41. The molecule has 1 fully saturated rings. The van der Waals surface area contributed by atoms with E-state index in [0.29, 0.717) is 19.3 Å². The third-order valence-corrected chi connectivity index (χ3v) is 15.7. The monoisotopic (exact) mass is 1070 g/mol. The first-order valence-electron chi connectivity index (χ1n) is 32.2. The normalized spacial score (nSPS) is 19.8. The maximum absolute atomic E-state index is 13.1. The fourth-order valence-electron chi connectivity index (χ4n) is 10.5. The molecular weight excluding hydrogens is 943 g/mol. The van der Waals surface area contributed by atoms with E-state index in [1.807, 2.05) is 0 Å². The highest BCUT2D eigenvalue weighted by molar-refractivity contribution is 5.80. The summed E-state index contributed by atoms with van der Waals surface area (Å²) >= 11 is 0. The number of aliphatic hydroxyl groups is 7. The second kappa shape index (κ2) is 53.2. The van der Waals surface area contributed by atoms with Gasteiger partial charge in [0.25, 0.3) is 0 Å². The molecule has 1 aliphatic heterocycles. The summed E-state index contributed by atoms with van der Waals surface area (Å²) in [6, 6.07) is -1.19. The number of carbonyl (C=O) groups excluding carboxylic acids is 1. The summed E-state index contributed by atoms with van der Waals surface area (Å²) in [6.45, 7) is 3.37. The average Bonchev–Trinajstić information content (AvgIpc) is 3.41. The van der Waals surface area contributed by atoms with Gasteiger partial charge in [0.1, 0.15) is 36.6 Å². The number of ether oxygens (including phenoxy) is 2. The number of allylic oxidation sites excluding steroid dienone is 4. The summed E-state index contributed by atoms with van der Waals surface area (Å²) in [5.41, 5.74) is 0. The second-order valence-corrected chi connectivity index (χ2v) is 22.8. The third-order valence-electron chi connectivity index (χ3n) is 15.7. The highest BCUT2D eigenvalue weighted by atomic mass is 16.7. The topological polar surface area (TPSA) is 189 Å². The minimum atomic E-state index is -1.67. The highest BCUT2D eigenvalue weighted by Crippen LogP contribution is 2.24. The predicted molar refractivity (Wildman–Crippen MR) is 312 cm³/mol. The molecule has 8 N–H and O–H groups in total. The molecule has 1 rings (SSSR count). The SMILES string of the molecule is CCC/C=C/CC/C=C/CCCC(O)C(O)C(COC1OC(CO)C(O)C(O)C1O)NC(=O)C(O)CCCCCCCCCCCCCCCCCCCCCCCCCCCCCCCCCCCCCCCC. The zero-order valence-electron chi connectivity index (χ0n) is 48.8. The zero-order chi connectivity index (χ0) is 54.7. The number of carbonyl (C=O) groups is 1. The molecule has 11 heteroatoms. The summed E-state index contributed by atoms with van der Waals surface area (Å²) in [5.74, 6) is -0.707. The lowest BCUT2D eigenvalue weighted by molar-refractivity contribution is -0.303. The first-order chi connectivity index (χ1) is 36.7. The van der Waals surface area contributed by atoms with Crippen LogP contribution in [-0.2, 0) is 14.3 Å². The number of aliphatic hydroxyl groups excluding tert-OH is 7. The van der Waals surface area contributed by atoms with Crippen LogP contribution in [0.3, 0.4) is 0 Å². The van der Waals surface area contributed by atoms with Crippen LogP contribution in [0.2, 0.25) is 0 Å². The van der Waals surface area contributed by atoms with E-state index < -0.39 is 74.2 Å². The maximum atomic E-state index is 13.1. The van der Waals surface area contributed by atoms with Crippen LogP contribution in [0, 0.1) is 0 Å². The molecule has 444 valence electrons. The fourth-order valence-corrected chi connectivity index (χ4v) is 10.5. The fraction of sp³-hybridized carbons (Fsp3) is 0.922. The Labute approximate surface area is 461 Å². The van der Waals surface area contributed by atoms with Crippen molar-refractivity contribution >= 4 is 5.91 Å². The molecule has 75 heavy (non-hydrogen) atoms. The minimum absolute atomic E-state index is 0.247. The van der Waals surface area contributed by atoms with E-state index in [9.17, 15) is 40.5 Å². The average molecular weight is 1070 g/mol. The maximum Gasteiger partial charge on any atom is 0.249 e. The van der Waals surface area contributed by atoms with E-state index in [0.717, 1.165) is 44.9 Å². The van der Waals surface area contributed by atoms with Gasteiger partial charge in [-0.2, -0.15) is 0 Å². The number of amides is 1. The van der Waals surface area contributed by atoms with Crippen LogP contribution in [0.4, 0.5) is 0 Å². The zero-order valence-corrected chi connectivity index (χ0v) is 48.8. The van der Waals surface area contributed by atoms with Gasteiger partial charge >= 0.3 is 0 Å². The van der Waals surface area contributed by atoms with E-state index in [-0.39, 0.29) is 12.8 Å². The van der Waals surface area contributed by atoms with Crippen LogP contribution >= 0.6 is 0 Å². The van der Waals surface area contributed by atoms with Crippen LogP contribution in [0.1, 0.15) is 309 Å². The molecule has 0 radical (unpaired) electrons. The van der Waals surface area contributed by atoms with Crippen LogP contribution in [-0.4, -0.2) is 110 Å². The third kappa shape index (κ3) is 41.3. The first kappa shape index (κ1) is 71.6. The predicted octanol–water partition coefficient (Wildman–Crippen LogP) is 14.5. The van der Waals surface area contributed by atoms with Crippen molar-refractivity contribution in [2.24, 2.45) is 0 Å². The molecule has 0 aromatic carbocycles. The summed E-state index contributed by atoms with van der Waals surface area (Å²) < 4.78 is 11.1. The van der Waals surface area contributed by atoms with Crippen LogP contribution in [0.15, 0.2) is 24.3 Å². The molecule has 1 heterocycles. The molecule has 11 nitrogen and oxygen atoms in total. The van der Waals surface area contributed by atoms with Crippen LogP contribution < -0.4 is 5.32 Å². The lowest BCUT2D eigenvalue weighted by Crippen LogP contribution is -2.60. The van der Waals surface area contributed by atoms with Gasteiger partial charge in [0.05, 0.1) is 25.4 Å². The van der Waals surface area contributed by atoms with Gasteiger partial charge in [0, 0.05) is 0 Å². The largest absolute Gasteiger partial charge is 0.394 e. The molecule has 0 aromatic rings. The van der Waals surface area contributed by atoms with Gasteiger partial charge in [0.15, 0.2) is 6.29 Å². The number of hydrogen-bond donors (Lipinski definition) is 8. The van der Waals surface area contributed by atoms with E-state index in [1.54, 1.807) is 0 Å². The van der Waals surface area contributed by atoms with Crippen molar-refractivity contribution < 1.29 is 50.0 Å². The Morgan fingerprint density at radius 1 is 0.453 bits per heavy atom. The molecule has 0 saturated carbocycles. The molecular formula is C64H123NO10.